The van der Waals surface area contributed by atoms with Gasteiger partial charge in [0.05, 0.1) is 7.11 Å². The molecule has 1 aromatic carbocycles. The number of carbonyl (C=O) groups excluding carboxylic acids is 2. The Hall–Kier alpha value is -1.88. The lowest BCUT2D eigenvalue weighted by Gasteiger charge is -2.25. The van der Waals surface area contributed by atoms with Crippen molar-refractivity contribution in [1.29, 1.82) is 0 Å². The molecule has 1 rings (SSSR count). The van der Waals surface area contributed by atoms with Crippen molar-refractivity contribution in [3.63, 3.8) is 0 Å². The number of hydrogen-bond acceptors (Lipinski definition) is 3. The minimum Gasteiger partial charge on any atom is -0.340 e. The van der Waals surface area contributed by atoms with Crippen molar-refractivity contribution in [2.24, 2.45) is 5.92 Å². The van der Waals surface area contributed by atoms with Gasteiger partial charge < -0.3 is 5.32 Å². The van der Waals surface area contributed by atoms with Crippen molar-refractivity contribution in [3.8, 4) is 0 Å². The van der Waals surface area contributed by atoms with E-state index in [0.717, 1.165) is 10.6 Å². The van der Waals surface area contributed by atoms with E-state index >= 15 is 0 Å². The van der Waals surface area contributed by atoms with Crippen LogP contribution in [0.15, 0.2) is 24.3 Å². The SMILES string of the molecule is CON(C)C(=O)C(NC(=O)c1cccc(C)c1)C(C)C. The van der Waals surface area contributed by atoms with Crippen LogP contribution in [0, 0.1) is 12.8 Å². The molecule has 1 atom stereocenters. The molecule has 0 bridgehead atoms. The van der Waals surface area contributed by atoms with Crippen LogP contribution in [0.2, 0.25) is 0 Å². The summed E-state index contributed by atoms with van der Waals surface area (Å²) < 4.78 is 0. The van der Waals surface area contributed by atoms with E-state index < -0.39 is 6.04 Å². The van der Waals surface area contributed by atoms with E-state index in [9.17, 15) is 9.59 Å². The zero-order valence-electron chi connectivity index (χ0n) is 12.6. The zero-order valence-corrected chi connectivity index (χ0v) is 12.6. The number of amides is 2. The Kier molecular flexibility index (Phi) is 5.70. The minimum atomic E-state index is -0.618. The van der Waals surface area contributed by atoms with Crippen LogP contribution >= 0.6 is 0 Å². The summed E-state index contributed by atoms with van der Waals surface area (Å²) in [5, 5.41) is 3.89. The number of rotatable bonds is 5. The highest BCUT2D eigenvalue weighted by Crippen LogP contribution is 2.09. The summed E-state index contributed by atoms with van der Waals surface area (Å²) >= 11 is 0. The molecule has 1 aromatic rings. The molecule has 0 spiro atoms. The number of carbonyl (C=O) groups is 2. The fourth-order valence-electron chi connectivity index (χ4n) is 1.81. The lowest BCUT2D eigenvalue weighted by molar-refractivity contribution is -0.171. The van der Waals surface area contributed by atoms with Crippen LogP contribution in [0.4, 0.5) is 0 Å². The van der Waals surface area contributed by atoms with E-state index in [1.165, 1.54) is 14.2 Å². The van der Waals surface area contributed by atoms with Gasteiger partial charge in [-0.2, -0.15) is 0 Å². The summed E-state index contributed by atoms with van der Waals surface area (Å²) in [6.45, 7) is 5.67. The maximum Gasteiger partial charge on any atom is 0.268 e. The zero-order chi connectivity index (χ0) is 15.3. The molecule has 0 aromatic heterocycles. The second-order valence-corrected chi connectivity index (χ2v) is 5.08. The van der Waals surface area contributed by atoms with E-state index in [-0.39, 0.29) is 17.7 Å². The van der Waals surface area contributed by atoms with Gasteiger partial charge in [0, 0.05) is 12.6 Å². The number of likely N-dealkylation sites (N-methyl/N-ethyl adjacent to an activating group) is 1. The maximum atomic E-state index is 12.2. The van der Waals surface area contributed by atoms with Gasteiger partial charge in [0.15, 0.2) is 0 Å². The summed E-state index contributed by atoms with van der Waals surface area (Å²) in [6, 6.07) is 6.63. The largest absolute Gasteiger partial charge is 0.340 e. The molecule has 0 radical (unpaired) electrons. The van der Waals surface area contributed by atoms with E-state index in [1.54, 1.807) is 12.1 Å². The molecule has 5 nitrogen and oxygen atoms in total. The second-order valence-electron chi connectivity index (χ2n) is 5.08. The molecule has 20 heavy (non-hydrogen) atoms. The van der Waals surface area contributed by atoms with Crippen LogP contribution in [0.5, 0.6) is 0 Å². The average Bonchev–Trinajstić information content (AvgIpc) is 2.42. The molecule has 2 amide bonds. The number of aryl methyl sites for hydroxylation is 1. The van der Waals surface area contributed by atoms with Gasteiger partial charge >= 0.3 is 0 Å². The highest BCUT2D eigenvalue weighted by molar-refractivity contribution is 5.97. The van der Waals surface area contributed by atoms with Gasteiger partial charge in [-0.25, -0.2) is 5.06 Å². The molecule has 5 heteroatoms. The molecular formula is C15H22N2O3. The predicted molar refractivity (Wildman–Crippen MR) is 77.1 cm³/mol. The molecule has 0 saturated carbocycles. The van der Waals surface area contributed by atoms with Crippen molar-refractivity contribution in [2.75, 3.05) is 14.2 Å². The Morgan fingerprint density at radius 1 is 1.30 bits per heavy atom. The predicted octanol–water partition coefficient (Wildman–Crippen LogP) is 1.77. The number of nitrogens with one attached hydrogen (secondary N) is 1. The van der Waals surface area contributed by atoms with Gasteiger partial charge in [-0.05, 0) is 25.0 Å². The van der Waals surface area contributed by atoms with Gasteiger partial charge in [0.2, 0.25) is 0 Å². The first-order chi connectivity index (χ1) is 9.36. The molecule has 110 valence electrons. The Morgan fingerprint density at radius 2 is 1.95 bits per heavy atom. The standard InChI is InChI=1S/C15H22N2O3/c1-10(2)13(15(19)17(4)20-5)16-14(18)12-8-6-7-11(3)9-12/h6-10,13H,1-5H3,(H,16,18). The highest BCUT2D eigenvalue weighted by Gasteiger charge is 2.27. The third kappa shape index (κ3) is 4.06. The van der Waals surface area contributed by atoms with E-state index in [4.69, 9.17) is 4.84 Å². The fourth-order valence-corrected chi connectivity index (χ4v) is 1.81. The molecule has 0 aliphatic heterocycles. The van der Waals surface area contributed by atoms with Gasteiger partial charge in [-0.3, -0.25) is 14.4 Å². The molecule has 0 aliphatic carbocycles. The lowest BCUT2D eigenvalue weighted by Crippen LogP contribution is -2.49. The van der Waals surface area contributed by atoms with Crippen LogP contribution in [0.3, 0.4) is 0 Å². The van der Waals surface area contributed by atoms with Gasteiger partial charge in [-0.15, -0.1) is 0 Å². The quantitative estimate of drug-likeness (QED) is 0.835. The van der Waals surface area contributed by atoms with Crippen LogP contribution in [0.1, 0.15) is 29.8 Å². The molecule has 1 unspecified atom stereocenters. The van der Waals surface area contributed by atoms with Crippen LogP contribution < -0.4 is 5.32 Å². The van der Waals surface area contributed by atoms with E-state index in [1.807, 2.05) is 32.9 Å². The van der Waals surface area contributed by atoms with Crippen molar-refractivity contribution < 1.29 is 14.4 Å². The summed E-state index contributed by atoms with van der Waals surface area (Å²) in [5.41, 5.74) is 1.54. The normalized spacial score (nSPS) is 12.1. The smallest absolute Gasteiger partial charge is 0.268 e. The average molecular weight is 278 g/mol. The Labute approximate surface area is 119 Å². The molecule has 1 N–H and O–H groups in total. The first-order valence-electron chi connectivity index (χ1n) is 6.56. The highest BCUT2D eigenvalue weighted by atomic mass is 16.7. The molecule has 0 saturated heterocycles. The summed E-state index contributed by atoms with van der Waals surface area (Å²) in [5.74, 6) is -0.567. The molecule has 0 aliphatic rings. The maximum absolute atomic E-state index is 12.2. The Morgan fingerprint density at radius 3 is 2.45 bits per heavy atom. The lowest BCUT2D eigenvalue weighted by atomic mass is 10.0. The second kappa shape index (κ2) is 7.05. The van der Waals surface area contributed by atoms with Crippen molar-refractivity contribution in [3.05, 3.63) is 35.4 Å². The van der Waals surface area contributed by atoms with Crippen molar-refractivity contribution in [2.45, 2.75) is 26.8 Å². The topological polar surface area (TPSA) is 58.6 Å². The van der Waals surface area contributed by atoms with Gasteiger partial charge in [0.25, 0.3) is 11.8 Å². The summed E-state index contributed by atoms with van der Waals surface area (Å²) in [4.78, 5) is 29.2. The van der Waals surface area contributed by atoms with Gasteiger partial charge in [0.1, 0.15) is 6.04 Å². The molecule has 0 heterocycles. The first kappa shape index (κ1) is 16.2. The van der Waals surface area contributed by atoms with Crippen LogP contribution in [-0.4, -0.2) is 37.1 Å². The summed E-state index contributed by atoms with van der Waals surface area (Å²) in [7, 11) is 2.94. The van der Waals surface area contributed by atoms with Crippen molar-refractivity contribution in [1.82, 2.24) is 10.4 Å². The molecular weight excluding hydrogens is 256 g/mol. The fraction of sp³-hybridized carbons (Fsp3) is 0.467. The van der Waals surface area contributed by atoms with E-state index in [2.05, 4.69) is 5.32 Å². The Bertz CT molecular complexity index is 486. The number of hydroxylamine groups is 2. The van der Waals surface area contributed by atoms with E-state index in [0.29, 0.717) is 5.56 Å². The van der Waals surface area contributed by atoms with Crippen LogP contribution in [0.25, 0.3) is 0 Å². The van der Waals surface area contributed by atoms with Gasteiger partial charge in [-0.1, -0.05) is 31.5 Å². The van der Waals surface area contributed by atoms with Crippen LogP contribution in [-0.2, 0) is 9.63 Å². The third-order valence-electron chi connectivity index (χ3n) is 3.08. The monoisotopic (exact) mass is 278 g/mol. The summed E-state index contributed by atoms with van der Waals surface area (Å²) in [6.07, 6.45) is 0. The first-order valence-corrected chi connectivity index (χ1v) is 6.56. The number of hydrogen-bond donors (Lipinski definition) is 1. The minimum absolute atomic E-state index is 0.0335. The number of benzene rings is 1. The molecule has 0 fully saturated rings. The Balaban J connectivity index is 2.86. The third-order valence-corrected chi connectivity index (χ3v) is 3.08. The van der Waals surface area contributed by atoms with Crippen molar-refractivity contribution >= 4 is 11.8 Å². The number of nitrogens with zero attached hydrogens (tertiary/aromatic N) is 1.